The molecule has 3 aromatic heterocycles. The second-order valence-electron chi connectivity index (χ2n) is 10.1. The standard InChI is InChI=1S/C27H32F2N6O2S/c1-15(2)18-7-8-22(32-17(4)16(3)14-38(6,36)37)20-12-31-24(11-19(18)20)33-23-9-10-30-26(25(23)28)21-13-35(5)34-27(21)29/h7-13,15-17,32H,14H2,1-6H3,(H,30,31,33)/t16-,17-/m1/s1. The van der Waals surface area contributed by atoms with Crippen LogP contribution in [0.3, 0.4) is 0 Å². The molecule has 0 saturated carbocycles. The number of aryl methyl sites for hydroxylation is 1. The van der Waals surface area contributed by atoms with Gasteiger partial charge < -0.3 is 10.6 Å². The third-order valence-corrected chi connectivity index (χ3v) is 7.68. The lowest BCUT2D eigenvalue weighted by molar-refractivity contribution is 0.538. The molecule has 0 saturated heterocycles. The Balaban J connectivity index is 1.69. The maximum absolute atomic E-state index is 15.3. The van der Waals surface area contributed by atoms with Gasteiger partial charge in [0.2, 0.25) is 5.95 Å². The van der Waals surface area contributed by atoms with Gasteiger partial charge in [-0.15, -0.1) is 5.10 Å². The summed E-state index contributed by atoms with van der Waals surface area (Å²) in [4.78, 5) is 8.53. The Hall–Kier alpha value is -3.60. The van der Waals surface area contributed by atoms with Crippen molar-refractivity contribution in [3.63, 3.8) is 0 Å². The number of pyridine rings is 2. The molecule has 0 radical (unpaired) electrons. The van der Waals surface area contributed by atoms with Crippen LogP contribution in [0.4, 0.5) is 26.0 Å². The monoisotopic (exact) mass is 542 g/mol. The molecule has 8 nitrogen and oxygen atoms in total. The lowest BCUT2D eigenvalue weighted by atomic mass is 9.95. The quantitative estimate of drug-likeness (QED) is 0.282. The van der Waals surface area contributed by atoms with Gasteiger partial charge in [0.1, 0.15) is 21.3 Å². The van der Waals surface area contributed by atoms with E-state index < -0.39 is 21.6 Å². The first-order valence-corrected chi connectivity index (χ1v) is 14.4. The Morgan fingerprint density at radius 1 is 1.03 bits per heavy atom. The molecule has 0 amide bonds. The highest BCUT2D eigenvalue weighted by Gasteiger charge is 2.20. The summed E-state index contributed by atoms with van der Waals surface area (Å²) >= 11 is 0. The van der Waals surface area contributed by atoms with E-state index in [9.17, 15) is 12.8 Å². The Labute approximate surface area is 221 Å². The molecule has 0 spiro atoms. The summed E-state index contributed by atoms with van der Waals surface area (Å²) in [5.41, 5.74) is 1.85. The predicted molar refractivity (Wildman–Crippen MR) is 147 cm³/mol. The molecular weight excluding hydrogens is 510 g/mol. The van der Waals surface area contributed by atoms with E-state index in [0.29, 0.717) is 5.82 Å². The van der Waals surface area contributed by atoms with Crippen molar-refractivity contribution in [2.45, 2.75) is 39.7 Å². The fourth-order valence-electron chi connectivity index (χ4n) is 4.45. The Bertz CT molecular complexity index is 1590. The summed E-state index contributed by atoms with van der Waals surface area (Å²) in [6.07, 6.45) is 5.72. The SMILES string of the molecule is CC(C)c1ccc(N[C@H](C)[C@H](C)CS(C)(=O)=O)c2cnc(Nc3ccnc(-c4cn(C)nc4F)c3F)cc12. The molecule has 11 heteroatoms. The van der Waals surface area contributed by atoms with Crippen molar-refractivity contribution in [2.24, 2.45) is 13.0 Å². The van der Waals surface area contributed by atoms with Crippen LogP contribution in [-0.2, 0) is 16.9 Å². The van der Waals surface area contributed by atoms with E-state index in [1.807, 2.05) is 32.0 Å². The number of rotatable bonds is 9. The number of sulfone groups is 1. The van der Waals surface area contributed by atoms with E-state index >= 15 is 4.39 Å². The minimum absolute atomic E-state index is 0.0304. The van der Waals surface area contributed by atoms with E-state index in [4.69, 9.17) is 0 Å². The summed E-state index contributed by atoms with van der Waals surface area (Å²) in [5.74, 6) is -0.917. The van der Waals surface area contributed by atoms with Gasteiger partial charge in [-0.25, -0.2) is 17.8 Å². The molecule has 38 heavy (non-hydrogen) atoms. The highest BCUT2D eigenvalue weighted by atomic mass is 32.2. The number of halogens is 2. The lowest BCUT2D eigenvalue weighted by Crippen LogP contribution is -2.29. The first-order valence-electron chi connectivity index (χ1n) is 12.3. The number of anilines is 3. The fraction of sp³-hybridized carbons (Fsp3) is 0.370. The first kappa shape index (κ1) is 27.4. The van der Waals surface area contributed by atoms with E-state index in [1.165, 1.54) is 29.4 Å². The molecule has 3 heterocycles. The third kappa shape index (κ3) is 5.93. The summed E-state index contributed by atoms with van der Waals surface area (Å²) < 4.78 is 54.3. The highest BCUT2D eigenvalue weighted by Crippen LogP contribution is 2.34. The number of aromatic nitrogens is 4. The van der Waals surface area contributed by atoms with Gasteiger partial charge in [-0.1, -0.05) is 26.8 Å². The number of benzene rings is 1. The lowest BCUT2D eigenvalue weighted by Gasteiger charge is -2.24. The molecule has 0 unspecified atom stereocenters. The van der Waals surface area contributed by atoms with Gasteiger partial charge in [-0.3, -0.25) is 9.67 Å². The minimum atomic E-state index is -3.10. The molecule has 4 aromatic rings. The Morgan fingerprint density at radius 3 is 2.39 bits per heavy atom. The Kier molecular flexibility index (Phi) is 7.68. The van der Waals surface area contributed by atoms with E-state index in [0.717, 1.165) is 22.0 Å². The first-order chi connectivity index (χ1) is 17.8. The van der Waals surface area contributed by atoms with Crippen LogP contribution in [0, 0.1) is 17.7 Å². The average Bonchev–Trinajstić information content (AvgIpc) is 3.16. The zero-order chi connectivity index (χ0) is 27.8. The second kappa shape index (κ2) is 10.6. The fourth-order valence-corrected chi connectivity index (χ4v) is 5.70. The topological polar surface area (TPSA) is 102 Å². The van der Waals surface area contributed by atoms with Crippen LogP contribution in [0.15, 0.2) is 42.9 Å². The molecule has 4 rings (SSSR count). The van der Waals surface area contributed by atoms with Gasteiger partial charge >= 0.3 is 0 Å². The second-order valence-corrected chi connectivity index (χ2v) is 12.3. The van der Waals surface area contributed by atoms with E-state index in [-0.39, 0.29) is 40.6 Å². The normalized spacial score (nSPS) is 13.6. The van der Waals surface area contributed by atoms with Crippen molar-refractivity contribution in [2.75, 3.05) is 22.6 Å². The third-order valence-electron chi connectivity index (χ3n) is 6.55. The molecule has 0 fully saturated rings. The van der Waals surface area contributed by atoms with Crippen molar-refractivity contribution < 1.29 is 17.2 Å². The van der Waals surface area contributed by atoms with E-state index in [1.54, 1.807) is 13.2 Å². The van der Waals surface area contributed by atoms with E-state index in [2.05, 4.69) is 39.5 Å². The average molecular weight is 543 g/mol. The molecule has 0 bridgehead atoms. The largest absolute Gasteiger partial charge is 0.382 e. The Morgan fingerprint density at radius 2 is 1.76 bits per heavy atom. The smallest absolute Gasteiger partial charge is 0.242 e. The van der Waals surface area contributed by atoms with Crippen molar-refractivity contribution in [3.05, 3.63) is 60.2 Å². The maximum atomic E-state index is 15.3. The zero-order valence-corrected chi connectivity index (χ0v) is 23.1. The molecule has 2 N–H and O–H groups in total. The van der Waals surface area contributed by atoms with Crippen molar-refractivity contribution in [1.82, 2.24) is 19.7 Å². The van der Waals surface area contributed by atoms with Gasteiger partial charge in [-0.05, 0) is 47.9 Å². The van der Waals surface area contributed by atoms with Crippen LogP contribution >= 0.6 is 0 Å². The summed E-state index contributed by atoms with van der Waals surface area (Å²) in [5, 5.41) is 11.9. The van der Waals surface area contributed by atoms with Crippen LogP contribution in [0.5, 0.6) is 0 Å². The number of fused-ring (bicyclic) bond motifs is 1. The molecule has 0 aliphatic heterocycles. The van der Waals surface area contributed by atoms with Crippen LogP contribution in [0.2, 0.25) is 0 Å². The van der Waals surface area contributed by atoms with Gasteiger partial charge in [0.05, 0.1) is 17.0 Å². The van der Waals surface area contributed by atoms with Gasteiger partial charge in [0.15, 0.2) is 5.82 Å². The predicted octanol–water partition coefficient (Wildman–Crippen LogP) is 5.66. The maximum Gasteiger partial charge on any atom is 0.242 e. The number of hydrogen-bond donors (Lipinski definition) is 2. The number of nitrogens with one attached hydrogen (secondary N) is 2. The molecule has 1 aromatic carbocycles. The van der Waals surface area contributed by atoms with Gasteiger partial charge in [0, 0.05) is 49.0 Å². The summed E-state index contributed by atoms with van der Waals surface area (Å²) in [7, 11) is -1.55. The van der Waals surface area contributed by atoms with Crippen LogP contribution in [-0.4, -0.2) is 46.2 Å². The van der Waals surface area contributed by atoms with Crippen LogP contribution in [0.1, 0.15) is 39.2 Å². The van der Waals surface area contributed by atoms with Crippen LogP contribution < -0.4 is 10.6 Å². The molecule has 2 atom stereocenters. The van der Waals surface area contributed by atoms with Gasteiger partial charge in [0.25, 0.3) is 0 Å². The molecule has 0 aliphatic rings. The minimum Gasteiger partial charge on any atom is -0.382 e. The highest BCUT2D eigenvalue weighted by molar-refractivity contribution is 7.90. The molecule has 0 aliphatic carbocycles. The molecule has 202 valence electrons. The van der Waals surface area contributed by atoms with Crippen molar-refractivity contribution in [3.8, 4) is 11.3 Å². The van der Waals surface area contributed by atoms with Crippen LogP contribution in [0.25, 0.3) is 22.0 Å². The zero-order valence-electron chi connectivity index (χ0n) is 22.3. The van der Waals surface area contributed by atoms with Gasteiger partial charge in [-0.2, -0.15) is 4.39 Å². The van der Waals surface area contributed by atoms with Crippen molar-refractivity contribution in [1.29, 1.82) is 0 Å². The molecular formula is C27H32F2N6O2S. The summed E-state index contributed by atoms with van der Waals surface area (Å²) in [6, 6.07) is 7.22. The number of hydrogen-bond acceptors (Lipinski definition) is 7. The summed E-state index contributed by atoms with van der Waals surface area (Å²) in [6.45, 7) is 8.03. The van der Waals surface area contributed by atoms with Crippen molar-refractivity contribution >= 4 is 37.8 Å². The number of nitrogens with zero attached hydrogens (tertiary/aromatic N) is 4.